The molecule has 0 radical (unpaired) electrons. The Morgan fingerprint density at radius 3 is 2.00 bits per heavy atom. The smallest absolute Gasteiger partial charge is 0.0425 e. The monoisotopic (exact) mass is 149 g/mol. The quantitative estimate of drug-likeness (QED) is 0.346. The third-order valence-corrected chi connectivity index (χ3v) is 1.59. The molecular formula is C5H11NS2. The molecule has 0 N–H and O–H groups in total. The van der Waals surface area contributed by atoms with Gasteiger partial charge in [-0.1, -0.05) is 6.08 Å². The van der Waals surface area contributed by atoms with Crippen LogP contribution in [0.2, 0.25) is 0 Å². The molecule has 0 atom stereocenters. The standard InChI is InChI=1S/C5H11NS2/c1-2-3-6(4-7)5-8/h2,7-8H,1,3-5H2. The topological polar surface area (TPSA) is 3.24 Å². The van der Waals surface area contributed by atoms with Gasteiger partial charge in [-0.3, -0.25) is 4.90 Å². The van der Waals surface area contributed by atoms with E-state index in [1.54, 1.807) is 0 Å². The molecule has 0 saturated carbocycles. The summed E-state index contributed by atoms with van der Waals surface area (Å²) >= 11 is 8.12. The van der Waals surface area contributed by atoms with Crippen molar-refractivity contribution in [3.05, 3.63) is 12.7 Å². The summed E-state index contributed by atoms with van der Waals surface area (Å²) in [5.41, 5.74) is 0. The second kappa shape index (κ2) is 5.54. The number of thiol groups is 2. The van der Waals surface area contributed by atoms with E-state index in [4.69, 9.17) is 0 Å². The summed E-state index contributed by atoms with van der Waals surface area (Å²) in [5, 5.41) is 0. The molecule has 0 rings (SSSR count). The molecule has 0 aromatic rings. The van der Waals surface area contributed by atoms with Gasteiger partial charge < -0.3 is 0 Å². The van der Waals surface area contributed by atoms with Crippen LogP contribution in [0.4, 0.5) is 0 Å². The Morgan fingerprint density at radius 2 is 1.88 bits per heavy atom. The van der Waals surface area contributed by atoms with Gasteiger partial charge in [0.25, 0.3) is 0 Å². The Kier molecular flexibility index (Phi) is 5.81. The molecule has 8 heavy (non-hydrogen) atoms. The summed E-state index contributed by atoms with van der Waals surface area (Å²) < 4.78 is 0. The Labute approximate surface area is 61.6 Å². The van der Waals surface area contributed by atoms with Crippen molar-refractivity contribution in [3.63, 3.8) is 0 Å². The third-order valence-electron chi connectivity index (χ3n) is 0.787. The number of rotatable bonds is 4. The molecule has 0 aliphatic rings. The van der Waals surface area contributed by atoms with Crippen LogP contribution in [0.3, 0.4) is 0 Å². The van der Waals surface area contributed by atoms with E-state index in [9.17, 15) is 0 Å². The SMILES string of the molecule is C=CCN(CS)CS. The zero-order chi connectivity index (χ0) is 6.41. The molecule has 0 saturated heterocycles. The van der Waals surface area contributed by atoms with E-state index in [1.807, 2.05) is 11.0 Å². The lowest BCUT2D eigenvalue weighted by molar-refractivity contribution is 0.424. The van der Waals surface area contributed by atoms with Gasteiger partial charge in [-0.15, -0.1) is 6.58 Å². The lowest BCUT2D eigenvalue weighted by Crippen LogP contribution is -2.19. The summed E-state index contributed by atoms with van der Waals surface area (Å²) in [6.45, 7) is 4.45. The Hall–Kier alpha value is 0.400. The zero-order valence-corrected chi connectivity index (χ0v) is 6.54. The van der Waals surface area contributed by atoms with Crippen molar-refractivity contribution in [2.24, 2.45) is 0 Å². The van der Waals surface area contributed by atoms with Gasteiger partial charge >= 0.3 is 0 Å². The fourth-order valence-corrected chi connectivity index (χ4v) is 0.931. The van der Waals surface area contributed by atoms with E-state index in [0.29, 0.717) is 0 Å². The van der Waals surface area contributed by atoms with Gasteiger partial charge in [0.2, 0.25) is 0 Å². The molecule has 48 valence electrons. The zero-order valence-electron chi connectivity index (χ0n) is 4.75. The molecule has 0 bridgehead atoms. The molecule has 0 aliphatic carbocycles. The summed E-state index contributed by atoms with van der Waals surface area (Å²) in [5.74, 6) is 1.49. The van der Waals surface area contributed by atoms with E-state index in [-0.39, 0.29) is 0 Å². The summed E-state index contributed by atoms with van der Waals surface area (Å²) in [7, 11) is 0. The molecule has 0 aromatic heterocycles. The number of hydrogen-bond acceptors (Lipinski definition) is 3. The molecule has 0 amide bonds. The van der Waals surface area contributed by atoms with Crippen molar-refractivity contribution in [1.82, 2.24) is 4.90 Å². The fraction of sp³-hybridized carbons (Fsp3) is 0.600. The van der Waals surface area contributed by atoms with Gasteiger partial charge in [0.15, 0.2) is 0 Å². The van der Waals surface area contributed by atoms with Crippen LogP contribution in [0.5, 0.6) is 0 Å². The van der Waals surface area contributed by atoms with Crippen LogP contribution in [0.15, 0.2) is 12.7 Å². The van der Waals surface area contributed by atoms with E-state index >= 15 is 0 Å². The van der Waals surface area contributed by atoms with Crippen LogP contribution in [-0.4, -0.2) is 23.2 Å². The highest BCUT2D eigenvalue weighted by atomic mass is 32.1. The van der Waals surface area contributed by atoms with Crippen LogP contribution in [0.25, 0.3) is 0 Å². The van der Waals surface area contributed by atoms with E-state index in [2.05, 4.69) is 31.8 Å². The minimum Gasteiger partial charge on any atom is -0.282 e. The normalized spacial score (nSPS) is 9.88. The number of hydrogen-bond donors (Lipinski definition) is 2. The average Bonchev–Trinajstić information content (AvgIpc) is 1.83. The highest BCUT2D eigenvalue weighted by Crippen LogP contribution is 1.91. The first-order chi connectivity index (χ1) is 3.85. The predicted molar refractivity (Wildman–Crippen MR) is 44.6 cm³/mol. The van der Waals surface area contributed by atoms with Gasteiger partial charge in [0.05, 0.1) is 0 Å². The molecule has 0 spiro atoms. The minimum atomic E-state index is 0.746. The summed E-state index contributed by atoms with van der Waals surface area (Å²) in [6, 6.07) is 0. The van der Waals surface area contributed by atoms with Gasteiger partial charge in [-0.25, -0.2) is 0 Å². The van der Waals surface area contributed by atoms with Gasteiger partial charge in [-0.05, 0) is 0 Å². The minimum absolute atomic E-state index is 0.746. The van der Waals surface area contributed by atoms with Crippen LogP contribution in [0.1, 0.15) is 0 Å². The van der Waals surface area contributed by atoms with Crippen molar-refractivity contribution < 1.29 is 0 Å². The summed E-state index contributed by atoms with van der Waals surface area (Å²) in [4.78, 5) is 2.04. The first-order valence-electron chi connectivity index (χ1n) is 2.40. The molecular weight excluding hydrogens is 138 g/mol. The molecule has 0 aliphatic heterocycles. The van der Waals surface area contributed by atoms with E-state index in [0.717, 1.165) is 18.3 Å². The van der Waals surface area contributed by atoms with Crippen molar-refractivity contribution in [1.29, 1.82) is 0 Å². The maximum atomic E-state index is 4.06. The average molecular weight is 149 g/mol. The van der Waals surface area contributed by atoms with Crippen molar-refractivity contribution in [2.75, 3.05) is 18.3 Å². The van der Waals surface area contributed by atoms with Crippen LogP contribution in [-0.2, 0) is 0 Å². The lowest BCUT2D eigenvalue weighted by atomic mass is 10.6. The lowest BCUT2D eigenvalue weighted by Gasteiger charge is -2.12. The summed E-state index contributed by atoms with van der Waals surface area (Å²) in [6.07, 6.45) is 1.84. The van der Waals surface area contributed by atoms with Crippen LogP contribution in [0, 0.1) is 0 Å². The largest absolute Gasteiger partial charge is 0.282 e. The Balaban J connectivity index is 3.20. The molecule has 3 heteroatoms. The highest BCUT2D eigenvalue weighted by Gasteiger charge is 1.92. The molecule has 0 fully saturated rings. The van der Waals surface area contributed by atoms with Crippen molar-refractivity contribution >= 4 is 25.3 Å². The van der Waals surface area contributed by atoms with Gasteiger partial charge in [0, 0.05) is 18.3 Å². The second-order valence-corrected chi connectivity index (χ2v) is 1.99. The fourth-order valence-electron chi connectivity index (χ4n) is 0.343. The first kappa shape index (κ1) is 8.40. The van der Waals surface area contributed by atoms with E-state index in [1.165, 1.54) is 0 Å². The number of nitrogens with zero attached hydrogens (tertiary/aromatic N) is 1. The van der Waals surface area contributed by atoms with Crippen LogP contribution >= 0.6 is 25.3 Å². The maximum absolute atomic E-state index is 4.06. The van der Waals surface area contributed by atoms with Crippen molar-refractivity contribution in [2.45, 2.75) is 0 Å². The molecule has 0 unspecified atom stereocenters. The van der Waals surface area contributed by atoms with Gasteiger partial charge in [-0.2, -0.15) is 25.3 Å². The first-order valence-corrected chi connectivity index (χ1v) is 3.66. The third kappa shape index (κ3) is 3.41. The Morgan fingerprint density at radius 1 is 1.38 bits per heavy atom. The predicted octanol–water partition coefficient (Wildman–Crippen LogP) is 1.25. The molecule has 0 aromatic carbocycles. The van der Waals surface area contributed by atoms with Crippen LogP contribution < -0.4 is 0 Å². The van der Waals surface area contributed by atoms with E-state index < -0.39 is 0 Å². The van der Waals surface area contributed by atoms with Gasteiger partial charge in [0.1, 0.15) is 0 Å². The highest BCUT2D eigenvalue weighted by molar-refractivity contribution is 7.81. The molecule has 0 heterocycles. The maximum Gasteiger partial charge on any atom is 0.0425 e. The van der Waals surface area contributed by atoms with Crippen molar-refractivity contribution in [3.8, 4) is 0 Å². The second-order valence-electron chi connectivity index (χ2n) is 1.42. The molecule has 1 nitrogen and oxygen atoms in total. The Bertz CT molecular complexity index is 61.4.